The molecule has 0 saturated carbocycles. The molecule has 0 aromatic rings. The van der Waals surface area contributed by atoms with Crippen LogP contribution in [-0.4, -0.2) is 18.7 Å². The van der Waals surface area contributed by atoms with E-state index in [-0.39, 0.29) is 30.6 Å². The quantitative estimate of drug-likeness (QED) is 0.504. The number of esters is 2. The van der Waals surface area contributed by atoms with E-state index in [0.717, 1.165) is 0 Å². The summed E-state index contributed by atoms with van der Waals surface area (Å²) >= 11 is 0. The normalized spacial score (nSPS) is 10.5. The molecule has 88 valence electrons. The van der Waals surface area contributed by atoms with Crippen molar-refractivity contribution in [2.24, 2.45) is 11.8 Å². The maximum Gasteiger partial charge on any atom is 0.308 e. The van der Waals surface area contributed by atoms with Crippen LogP contribution in [0.2, 0.25) is 0 Å². The molecule has 4 heteroatoms. The van der Waals surface area contributed by atoms with Crippen molar-refractivity contribution in [1.82, 2.24) is 0 Å². The number of hydrogen-bond donors (Lipinski definition) is 0. The van der Waals surface area contributed by atoms with Crippen molar-refractivity contribution in [2.45, 2.75) is 40.5 Å². The van der Waals surface area contributed by atoms with Crippen molar-refractivity contribution in [3.05, 3.63) is 0 Å². The van der Waals surface area contributed by atoms with Crippen molar-refractivity contribution >= 4 is 11.9 Å². The van der Waals surface area contributed by atoms with Gasteiger partial charge in [0, 0.05) is 12.8 Å². The molecule has 0 spiro atoms. The molecule has 0 radical (unpaired) electrons. The molecule has 0 N–H and O–H groups in total. The lowest BCUT2D eigenvalue weighted by atomic mass is 10.1. The number of hydrogen-bond acceptors (Lipinski definition) is 4. The molecule has 0 atom stereocenters. The first-order valence-corrected chi connectivity index (χ1v) is 5.23. The van der Waals surface area contributed by atoms with E-state index in [9.17, 15) is 9.59 Å². The standard InChI is InChI=1S/C11H20O4/c1-8(2)5-10(12)14-7-15-11(13)6-9(3)4/h8-9H,5-7H2,1-4H3. The van der Waals surface area contributed by atoms with Crippen LogP contribution in [0, 0.1) is 11.8 Å². The van der Waals surface area contributed by atoms with E-state index in [1.165, 1.54) is 0 Å². The molecule has 4 nitrogen and oxygen atoms in total. The number of carbonyl (C=O) groups is 2. The summed E-state index contributed by atoms with van der Waals surface area (Å²) in [6.07, 6.45) is 0.698. The molecule has 0 heterocycles. The van der Waals surface area contributed by atoms with Crippen LogP contribution in [0.15, 0.2) is 0 Å². The molecule has 0 aliphatic rings. The van der Waals surface area contributed by atoms with Gasteiger partial charge >= 0.3 is 11.9 Å². The molecule has 0 fully saturated rings. The third-order valence-electron chi connectivity index (χ3n) is 1.59. The molecular formula is C11H20O4. The van der Waals surface area contributed by atoms with Gasteiger partial charge in [-0.1, -0.05) is 27.7 Å². The second kappa shape index (κ2) is 7.26. The Morgan fingerprint density at radius 3 is 1.47 bits per heavy atom. The third-order valence-corrected chi connectivity index (χ3v) is 1.59. The van der Waals surface area contributed by atoms with Crippen LogP contribution in [0.4, 0.5) is 0 Å². The third kappa shape index (κ3) is 9.25. The van der Waals surface area contributed by atoms with Crippen LogP contribution in [0.3, 0.4) is 0 Å². The van der Waals surface area contributed by atoms with Crippen LogP contribution >= 0.6 is 0 Å². The molecule has 0 aromatic heterocycles. The fourth-order valence-corrected chi connectivity index (χ4v) is 0.945. The fourth-order valence-electron chi connectivity index (χ4n) is 0.945. The minimum absolute atomic E-state index is 0.254. The Morgan fingerprint density at radius 1 is 0.867 bits per heavy atom. The highest BCUT2D eigenvalue weighted by atomic mass is 16.7. The summed E-state index contributed by atoms with van der Waals surface area (Å²) in [5, 5.41) is 0. The summed E-state index contributed by atoms with van der Waals surface area (Å²) in [5.74, 6) is -0.155. The smallest absolute Gasteiger partial charge is 0.308 e. The second-order valence-electron chi connectivity index (χ2n) is 4.35. The Bertz CT molecular complexity index is 187. The summed E-state index contributed by atoms with van der Waals surface area (Å²) in [6.45, 7) is 7.42. The molecule has 0 aliphatic heterocycles. The Morgan fingerprint density at radius 2 is 1.20 bits per heavy atom. The van der Waals surface area contributed by atoms with E-state index in [4.69, 9.17) is 9.47 Å². The van der Waals surface area contributed by atoms with Gasteiger partial charge in [-0.15, -0.1) is 0 Å². The predicted octanol–water partition coefficient (Wildman–Crippen LogP) is 2.12. The van der Waals surface area contributed by atoms with Crippen molar-refractivity contribution in [3.63, 3.8) is 0 Å². The Balaban J connectivity index is 3.53. The van der Waals surface area contributed by atoms with Gasteiger partial charge < -0.3 is 9.47 Å². The molecule has 15 heavy (non-hydrogen) atoms. The van der Waals surface area contributed by atoms with Crippen LogP contribution in [0.25, 0.3) is 0 Å². The molecule has 0 rings (SSSR count). The van der Waals surface area contributed by atoms with Crippen molar-refractivity contribution in [3.8, 4) is 0 Å². The molecule has 0 aromatic carbocycles. The average Bonchev–Trinajstić information content (AvgIpc) is 2.00. The highest BCUT2D eigenvalue weighted by molar-refractivity contribution is 5.71. The van der Waals surface area contributed by atoms with Gasteiger partial charge in [0.25, 0.3) is 0 Å². The maximum absolute atomic E-state index is 11.0. The zero-order valence-electron chi connectivity index (χ0n) is 9.91. The zero-order valence-corrected chi connectivity index (χ0v) is 9.91. The minimum Gasteiger partial charge on any atom is -0.428 e. The van der Waals surface area contributed by atoms with E-state index in [2.05, 4.69) is 0 Å². The SMILES string of the molecule is CC(C)CC(=O)OCOC(=O)CC(C)C. The van der Waals surface area contributed by atoms with Crippen LogP contribution in [0.5, 0.6) is 0 Å². The van der Waals surface area contributed by atoms with Gasteiger partial charge in [0.15, 0.2) is 0 Å². The lowest BCUT2D eigenvalue weighted by molar-refractivity contribution is -0.168. The zero-order chi connectivity index (χ0) is 11.8. The molecule has 0 unspecified atom stereocenters. The second-order valence-corrected chi connectivity index (χ2v) is 4.35. The average molecular weight is 216 g/mol. The Hall–Kier alpha value is -1.06. The largest absolute Gasteiger partial charge is 0.428 e. The summed E-state index contributed by atoms with van der Waals surface area (Å²) in [6, 6.07) is 0. The highest BCUT2D eigenvalue weighted by Gasteiger charge is 2.09. The summed E-state index contributed by atoms with van der Waals surface area (Å²) < 4.78 is 9.45. The minimum atomic E-state index is -0.331. The molecule has 0 saturated heterocycles. The van der Waals surface area contributed by atoms with Gasteiger partial charge in [-0.2, -0.15) is 0 Å². The Kier molecular flexibility index (Phi) is 6.75. The van der Waals surface area contributed by atoms with E-state index in [1.54, 1.807) is 0 Å². The first-order chi connectivity index (χ1) is 6.91. The molecule has 0 bridgehead atoms. The lowest BCUT2D eigenvalue weighted by Crippen LogP contribution is -2.15. The first-order valence-electron chi connectivity index (χ1n) is 5.23. The van der Waals surface area contributed by atoms with Crippen LogP contribution in [0.1, 0.15) is 40.5 Å². The van der Waals surface area contributed by atoms with Crippen molar-refractivity contribution < 1.29 is 19.1 Å². The van der Waals surface area contributed by atoms with Gasteiger partial charge in [-0.3, -0.25) is 9.59 Å². The van der Waals surface area contributed by atoms with Gasteiger partial charge in [0.1, 0.15) is 0 Å². The maximum atomic E-state index is 11.0. The van der Waals surface area contributed by atoms with Gasteiger partial charge in [-0.05, 0) is 11.8 Å². The number of rotatable bonds is 6. The summed E-state index contributed by atoms with van der Waals surface area (Å²) in [7, 11) is 0. The highest BCUT2D eigenvalue weighted by Crippen LogP contribution is 2.03. The summed E-state index contributed by atoms with van der Waals surface area (Å²) in [4.78, 5) is 22.1. The van der Waals surface area contributed by atoms with E-state index < -0.39 is 0 Å². The van der Waals surface area contributed by atoms with E-state index in [0.29, 0.717) is 12.8 Å². The van der Waals surface area contributed by atoms with Crippen LogP contribution in [-0.2, 0) is 19.1 Å². The lowest BCUT2D eigenvalue weighted by Gasteiger charge is -2.08. The summed E-state index contributed by atoms with van der Waals surface area (Å²) in [5.41, 5.74) is 0. The first kappa shape index (κ1) is 13.9. The molecular weight excluding hydrogens is 196 g/mol. The molecule has 0 aliphatic carbocycles. The number of carbonyl (C=O) groups excluding carboxylic acids is 2. The topological polar surface area (TPSA) is 52.6 Å². The van der Waals surface area contributed by atoms with Gasteiger partial charge in [-0.25, -0.2) is 0 Å². The monoisotopic (exact) mass is 216 g/mol. The van der Waals surface area contributed by atoms with Crippen molar-refractivity contribution in [2.75, 3.05) is 6.79 Å². The fraction of sp³-hybridized carbons (Fsp3) is 0.818. The van der Waals surface area contributed by atoms with E-state index in [1.807, 2.05) is 27.7 Å². The van der Waals surface area contributed by atoms with Gasteiger partial charge in [0.05, 0.1) is 0 Å². The number of ether oxygens (including phenoxy) is 2. The van der Waals surface area contributed by atoms with Crippen molar-refractivity contribution in [1.29, 1.82) is 0 Å². The molecule has 0 amide bonds. The Labute approximate surface area is 90.9 Å². The van der Waals surface area contributed by atoms with E-state index >= 15 is 0 Å². The van der Waals surface area contributed by atoms with Crippen LogP contribution < -0.4 is 0 Å². The predicted molar refractivity (Wildman–Crippen MR) is 56.0 cm³/mol. The van der Waals surface area contributed by atoms with Gasteiger partial charge in [0.2, 0.25) is 6.79 Å².